The van der Waals surface area contributed by atoms with Gasteiger partial charge in [-0.25, -0.2) is 8.78 Å². The minimum absolute atomic E-state index is 0.112. The molecule has 0 radical (unpaired) electrons. The van der Waals surface area contributed by atoms with Crippen molar-refractivity contribution >= 4 is 0 Å². The molecule has 1 heterocycles. The summed E-state index contributed by atoms with van der Waals surface area (Å²) in [6.07, 6.45) is -4.58. The minimum Gasteiger partial charge on any atom is -0.329 e. The molecule has 19 heavy (non-hydrogen) atoms. The third-order valence-electron chi connectivity index (χ3n) is 2.45. The van der Waals surface area contributed by atoms with E-state index < -0.39 is 35.1 Å². The number of halogens is 5. The average Bonchev–Trinajstić information content (AvgIpc) is 2.81. The van der Waals surface area contributed by atoms with Gasteiger partial charge in [-0.1, -0.05) is 18.1 Å². The van der Waals surface area contributed by atoms with Crippen LogP contribution >= 0.6 is 0 Å². The van der Waals surface area contributed by atoms with Crippen LogP contribution in [0.1, 0.15) is 18.4 Å². The largest absolute Gasteiger partial charge is 0.471 e. The number of aromatic nitrogens is 2. The van der Waals surface area contributed by atoms with E-state index in [9.17, 15) is 22.0 Å². The maximum Gasteiger partial charge on any atom is 0.471 e. The molecule has 2 rings (SSSR count). The monoisotopic (exact) mass is 278 g/mol. The van der Waals surface area contributed by atoms with Crippen LogP contribution in [-0.2, 0) is 12.6 Å². The SMILES string of the molecule is CCc1ccc(-c2noc(C(F)(F)F)n2)c(F)c1F. The van der Waals surface area contributed by atoms with Crippen molar-refractivity contribution in [1.29, 1.82) is 0 Å². The molecule has 1 aromatic heterocycles. The highest BCUT2D eigenvalue weighted by Crippen LogP contribution is 2.30. The standard InChI is InChI=1S/C11H7F5N2O/c1-2-5-3-4-6(8(13)7(5)12)9-17-10(19-18-9)11(14,15)16/h3-4H,2H2,1H3. The first-order valence-corrected chi connectivity index (χ1v) is 5.22. The Morgan fingerprint density at radius 3 is 2.37 bits per heavy atom. The summed E-state index contributed by atoms with van der Waals surface area (Å²) in [6, 6.07) is 2.37. The molecule has 0 N–H and O–H groups in total. The van der Waals surface area contributed by atoms with Gasteiger partial charge in [-0.3, -0.25) is 0 Å². The van der Waals surface area contributed by atoms with E-state index in [0.29, 0.717) is 0 Å². The van der Waals surface area contributed by atoms with Gasteiger partial charge in [0.15, 0.2) is 11.6 Å². The molecule has 102 valence electrons. The maximum atomic E-state index is 13.7. The van der Waals surface area contributed by atoms with Gasteiger partial charge < -0.3 is 4.52 Å². The number of hydrogen-bond donors (Lipinski definition) is 0. The van der Waals surface area contributed by atoms with Gasteiger partial charge in [-0.2, -0.15) is 18.2 Å². The van der Waals surface area contributed by atoms with Gasteiger partial charge in [0, 0.05) is 0 Å². The van der Waals surface area contributed by atoms with E-state index in [1.807, 2.05) is 0 Å². The molecule has 0 aliphatic carbocycles. The molecule has 0 saturated heterocycles. The molecule has 0 fully saturated rings. The zero-order valence-corrected chi connectivity index (χ0v) is 9.55. The molecule has 8 heteroatoms. The first-order valence-electron chi connectivity index (χ1n) is 5.22. The fourth-order valence-electron chi connectivity index (χ4n) is 1.48. The molecule has 0 aliphatic heterocycles. The van der Waals surface area contributed by atoms with Gasteiger partial charge in [-0.15, -0.1) is 0 Å². The highest BCUT2D eigenvalue weighted by atomic mass is 19.4. The lowest BCUT2D eigenvalue weighted by Gasteiger charge is -2.03. The molecule has 0 amide bonds. The van der Waals surface area contributed by atoms with Crippen molar-refractivity contribution in [3.05, 3.63) is 35.2 Å². The van der Waals surface area contributed by atoms with Crippen LogP contribution in [0, 0.1) is 11.6 Å². The Balaban J connectivity index is 2.48. The predicted octanol–water partition coefficient (Wildman–Crippen LogP) is 3.60. The quantitative estimate of drug-likeness (QED) is 0.788. The van der Waals surface area contributed by atoms with Crippen LogP contribution in [0.2, 0.25) is 0 Å². The Hall–Kier alpha value is -1.99. The second-order valence-corrected chi connectivity index (χ2v) is 3.67. The molecule has 0 unspecified atom stereocenters. The second-order valence-electron chi connectivity index (χ2n) is 3.67. The van der Waals surface area contributed by atoms with Crippen LogP contribution in [-0.4, -0.2) is 10.1 Å². The average molecular weight is 278 g/mol. The lowest BCUT2D eigenvalue weighted by molar-refractivity contribution is -0.159. The molecule has 0 bridgehead atoms. The Kier molecular flexibility index (Phi) is 3.25. The van der Waals surface area contributed by atoms with E-state index in [1.165, 1.54) is 6.07 Å². The smallest absolute Gasteiger partial charge is 0.329 e. The summed E-state index contributed by atoms with van der Waals surface area (Å²) in [5, 5.41) is 3.00. The second kappa shape index (κ2) is 4.60. The van der Waals surface area contributed by atoms with Crippen molar-refractivity contribution in [3.8, 4) is 11.4 Å². The number of nitrogens with zero attached hydrogens (tertiary/aromatic N) is 2. The number of hydrogen-bond acceptors (Lipinski definition) is 3. The molecule has 0 spiro atoms. The summed E-state index contributed by atoms with van der Waals surface area (Å²) in [5.41, 5.74) is -0.366. The topological polar surface area (TPSA) is 38.9 Å². The summed E-state index contributed by atoms with van der Waals surface area (Å²) < 4.78 is 67.9. The lowest BCUT2D eigenvalue weighted by atomic mass is 10.1. The predicted molar refractivity (Wildman–Crippen MR) is 54.0 cm³/mol. The van der Waals surface area contributed by atoms with Crippen LogP contribution in [0.25, 0.3) is 11.4 Å². The number of aryl methyl sites for hydroxylation is 1. The third kappa shape index (κ3) is 2.42. The van der Waals surface area contributed by atoms with Gasteiger partial charge in [-0.05, 0) is 18.1 Å². The molecule has 0 aliphatic rings. The van der Waals surface area contributed by atoms with Gasteiger partial charge >= 0.3 is 12.1 Å². The third-order valence-corrected chi connectivity index (χ3v) is 2.45. The van der Waals surface area contributed by atoms with Crippen LogP contribution in [0.4, 0.5) is 22.0 Å². The molecule has 2 aromatic rings. The van der Waals surface area contributed by atoms with Crippen LogP contribution < -0.4 is 0 Å². The molecule has 0 saturated carbocycles. The summed E-state index contributed by atoms with van der Waals surface area (Å²) in [4.78, 5) is 3.00. The summed E-state index contributed by atoms with van der Waals surface area (Å²) in [5.74, 6) is -4.68. The summed E-state index contributed by atoms with van der Waals surface area (Å²) >= 11 is 0. The Morgan fingerprint density at radius 1 is 1.16 bits per heavy atom. The molecule has 0 atom stereocenters. The van der Waals surface area contributed by atoms with Crippen LogP contribution in [0.3, 0.4) is 0 Å². The number of alkyl halides is 3. The molecule has 3 nitrogen and oxygen atoms in total. The van der Waals surface area contributed by atoms with Crippen molar-refractivity contribution in [3.63, 3.8) is 0 Å². The van der Waals surface area contributed by atoms with Gasteiger partial charge in [0.25, 0.3) is 0 Å². The van der Waals surface area contributed by atoms with Crippen molar-refractivity contribution in [2.24, 2.45) is 0 Å². The van der Waals surface area contributed by atoms with E-state index in [2.05, 4.69) is 14.7 Å². The fourth-order valence-corrected chi connectivity index (χ4v) is 1.48. The highest BCUT2D eigenvalue weighted by molar-refractivity contribution is 5.56. The first-order chi connectivity index (χ1) is 8.84. The lowest BCUT2D eigenvalue weighted by Crippen LogP contribution is -2.05. The van der Waals surface area contributed by atoms with E-state index in [0.717, 1.165) is 6.07 Å². The maximum absolute atomic E-state index is 13.7. The van der Waals surface area contributed by atoms with Crippen molar-refractivity contribution in [1.82, 2.24) is 10.1 Å². The number of rotatable bonds is 2. The molecular formula is C11H7F5N2O. The highest BCUT2D eigenvalue weighted by Gasteiger charge is 2.38. The number of benzene rings is 1. The van der Waals surface area contributed by atoms with E-state index in [1.54, 1.807) is 6.92 Å². The first kappa shape index (κ1) is 13.4. The van der Waals surface area contributed by atoms with Crippen molar-refractivity contribution in [2.45, 2.75) is 19.5 Å². The van der Waals surface area contributed by atoms with Crippen LogP contribution in [0.15, 0.2) is 16.7 Å². The van der Waals surface area contributed by atoms with E-state index >= 15 is 0 Å². The van der Waals surface area contributed by atoms with Crippen molar-refractivity contribution < 1.29 is 26.5 Å². The van der Waals surface area contributed by atoms with Gasteiger partial charge in [0.05, 0.1) is 5.56 Å². The molecular weight excluding hydrogens is 271 g/mol. The van der Waals surface area contributed by atoms with Gasteiger partial charge in [0.2, 0.25) is 5.82 Å². The zero-order valence-electron chi connectivity index (χ0n) is 9.55. The minimum atomic E-state index is -4.83. The van der Waals surface area contributed by atoms with Gasteiger partial charge in [0.1, 0.15) is 0 Å². The summed E-state index contributed by atoms with van der Waals surface area (Å²) in [7, 11) is 0. The fraction of sp³-hybridized carbons (Fsp3) is 0.273. The van der Waals surface area contributed by atoms with E-state index in [4.69, 9.17) is 0 Å². The normalized spacial score (nSPS) is 11.9. The zero-order chi connectivity index (χ0) is 14.2. The van der Waals surface area contributed by atoms with E-state index in [-0.39, 0.29) is 12.0 Å². The Bertz CT molecular complexity index is 606. The molecule has 1 aromatic carbocycles. The van der Waals surface area contributed by atoms with Crippen LogP contribution in [0.5, 0.6) is 0 Å². The van der Waals surface area contributed by atoms with Crippen molar-refractivity contribution in [2.75, 3.05) is 0 Å². The Morgan fingerprint density at radius 2 is 1.84 bits per heavy atom. The summed E-state index contributed by atoms with van der Waals surface area (Å²) in [6.45, 7) is 1.62. The Labute approximate surface area is 104 Å².